The van der Waals surface area contributed by atoms with Crippen molar-refractivity contribution >= 4 is 26.8 Å². The maximum Gasteiger partial charge on any atom is 0.121 e. The second-order valence-corrected chi connectivity index (χ2v) is 12.6. The Hall–Kier alpha value is -2.27. The van der Waals surface area contributed by atoms with Gasteiger partial charge >= 0.3 is 0 Å². The fourth-order valence-electron chi connectivity index (χ4n) is 5.30. The number of aryl methyl sites for hydroxylation is 3. The van der Waals surface area contributed by atoms with Crippen LogP contribution in [0.25, 0.3) is 0 Å². The van der Waals surface area contributed by atoms with E-state index < -0.39 is 0 Å². The zero-order valence-electron chi connectivity index (χ0n) is 26.0. The van der Waals surface area contributed by atoms with Gasteiger partial charge in [-0.2, -0.15) is 0 Å². The Labute approximate surface area is 249 Å². The van der Waals surface area contributed by atoms with Crippen molar-refractivity contribution in [2.45, 2.75) is 78.3 Å². The van der Waals surface area contributed by atoms with Crippen molar-refractivity contribution < 1.29 is 4.74 Å². The molecule has 1 aliphatic rings. The summed E-state index contributed by atoms with van der Waals surface area (Å²) in [5.41, 5.74) is 9.07. The summed E-state index contributed by atoms with van der Waals surface area (Å²) in [5.74, 6) is 1.81. The van der Waals surface area contributed by atoms with Gasteiger partial charge in [-0.3, -0.25) is 9.89 Å². The minimum absolute atomic E-state index is 0.485. The van der Waals surface area contributed by atoms with E-state index in [4.69, 9.17) is 4.74 Å². The number of likely N-dealkylation sites (tertiary alicyclic amines) is 1. The molecule has 2 aromatic rings. The van der Waals surface area contributed by atoms with Crippen LogP contribution in [0.4, 0.5) is 0 Å². The molecule has 1 fully saturated rings. The summed E-state index contributed by atoms with van der Waals surface area (Å²) < 4.78 is 5.52. The molecular formula is C33H49N4OPS. The Morgan fingerprint density at radius 3 is 2.38 bits per heavy atom. The fraction of sp³-hybridized carbons (Fsp3) is 0.485. The van der Waals surface area contributed by atoms with Crippen LogP contribution in [0, 0.1) is 20.8 Å². The molecule has 7 heteroatoms. The van der Waals surface area contributed by atoms with Crippen LogP contribution in [0.1, 0.15) is 62.3 Å². The van der Waals surface area contributed by atoms with Crippen LogP contribution < -0.4 is 10.1 Å². The first kappa shape index (κ1) is 32.2. The number of hydrogen-bond acceptors (Lipinski definition) is 5. The third kappa shape index (κ3) is 8.38. The highest BCUT2D eigenvalue weighted by Gasteiger charge is 2.28. The number of methoxy groups -OCH3 is 1. The number of allylic oxidation sites excluding steroid dienone is 1. The lowest BCUT2D eigenvalue weighted by atomic mass is 9.99. The average molecular weight is 581 g/mol. The van der Waals surface area contributed by atoms with Gasteiger partial charge in [0.05, 0.1) is 23.5 Å². The summed E-state index contributed by atoms with van der Waals surface area (Å²) >= 11 is 1.81. The van der Waals surface area contributed by atoms with E-state index in [0.29, 0.717) is 6.04 Å². The quantitative estimate of drug-likeness (QED) is 0.103. The van der Waals surface area contributed by atoms with Crippen molar-refractivity contribution in [2.75, 3.05) is 34.3 Å². The van der Waals surface area contributed by atoms with Gasteiger partial charge in [-0.05, 0) is 94.3 Å². The molecule has 2 aromatic carbocycles. The van der Waals surface area contributed by atoms with Crippen LogP contribution in [-0.4, -0.2) is 56.0 Å². The lowest BCUT2D eigenvalue weighted by molar-refractivity contribution is 0.144. The molecule has 40 heavy (non-hydrogen) atoms. The number of hydrogen-bond donors (Lipinski definition) is 1. The fourth-order valence-corrected chi connectivity index (χ4v) is 7.01. The van der Waals surface area contributed by atoms with Crippen LogP contribution in [0.3, 0.4) is 0 Å². The summed E-state index contributed by atoms with van der Waals surface area (Å²) in [6.07, 6.45) is 3.29. The normalized spacial score (nSPS) is 16.4. The number of thioether (sulfide) groups is 1. The molecule has 0 amide bonds. The van der Waals surface area contributed by atoms with Crippen LogP contribution >= 0.6 is 21.0 Å². The van der Waals surface area contributed by atoms with E-state index in [-0.39, 0.29) is 0 Å². The van der Waals surface area contributed by atoms with Gasteiger partial charge < -0.3 is 15.0 Å². The molecule has 0 radical (unpaired) electrons. The molecular weight excluding hydrogens is 531 g/mol. The van der Waals surface area contributed by atoms with Gasteiger partial charge in [0, 0.05) is 50.1 Å². The summed E-state index contributed by atoms with van der Waals surface area (Å²) in [4.78, 5) is 11.9. The van der Waals surface area contributed by atoms with E-state index in [1.54, 1.807) is 7.11 Å². The topological polar surface area (TPSA) is 40.1 Å². The molecule has 5 nitrogen and oxygen atoms in total. The van der Waals surface area contributed by atoms with Crippen molar-refractivity contribution in [3.63, 3.8) is 0 Å². The first-order chi connectivity index (χ1) is 19.1. The van der Waals surface area contributed by atoms with Crippen LogP contribution in [0.2, 0.25) is 0 Å². The number of aliphatic imine (C=N–C) groups is 1. The first-order valence-corrected chi connectivity index (χ1v) is 15.7. The number of piperidine rings is 1. The third-order valence-electron chi connectivity index (χ3n) is 7.98. The van der Waals surface area contributed by atoms with Gasteiger partial charge in [0.1, 0.15) is 5.75 Å². The standard InChI is InChI=1S/C33H49N4OPS/c1-10-23(3)31(32(33(39)35-26(6)34-7)40-29-13-14-30(38-9)25(5)20-29)36(8)28-15-17-37(18-16-28)21-27-12-11-22(2)19-24(27)4/h11-14,19-20,28H,10,15-18,21,39H2,1-9H3,(H,34,35)/b31-23?,33-32-. The summed E-state index contributed by atoms with van der Waals surface area (Å²) in [6, 6.07) is 13.8. The number of amidine groups is 1. The molecule has 1 atom stereocenters. The molecule has 0 aliphatic carbocycles. The maximum atomic E-state index is 5.52. The summed E-state index contributed by atoms with van der Waals surface area (Å²) in [6.45, 7) is 16.3. The molecule has 1 unspecified atom stereocenters. The van der Waals surface area contributed by atoms with Crippen molar-refractivity contribution in [1.29, 1.82) is 0 Å². The van der Waals surface area contributed by atoms with Crippen molar-refractivity contribution in [3.05, 3.63) is 80.3 Å². The Morgan fingerprint density at radius 2 is 1.80 bits per heavy atom. The van der Waals surface area contributed by atoms with E-state index in [1.807, 2.05) is 25.7 Å². The number of rotatable bonds is 10. The van der Waals surface area contributed by atoms with Crippen molar-refractivity contribution in [2.24, 2.45) is 4.99 Å². The molecule has 0 saturated carbocycles. The average Bonchev–Trinajstić information content (AvgIpc) is 2.94. The van der Waals surface area contributed by atoms with E-state index in [0.717, 1.165) is 61.5 Å². The predicted molar refractivity (Wildman–Crippen MR) is 177 cm³/mol. The Morgan fingerprint density at radius 1 is 1.10 bits per heavy atom. The number of nitrogens with one attached hydrogen (secondary N) is 1. The second-order valence-electron chi connectivity index (χ2n) is 10.9. The number of likely N-dealkylation sites (N-methyl/N-ethyl adjacent to an activating group) is 1. The Kier molecular flexibility index (Phi) is 12.2. The van der Waals surface area contributed by atoms with Gasteiger partial charge in [0.2, 0.25) is 0 Å². The first-order valence-electron chi connectivity index (χ1n) is 14.3. The van der Waals surface area contributed by atoms with Gasteiger partial charge in [-0.15, -0.1) is 0 Å². The van der Waals surface area contributed by atoms with Crippen molar-refractivity contribution in [1.82, 2.24) is 15.1 Å². The molecule has 0 spiro atoms. The molecule has 0 aromatic heterocycles. The van der Waals surface area contributed by atoms with Gasteiger partial charge in [-0.25, -0.2) is 0 Å². The lowest BCUT2D eigenvalue weighted by Crippen LogP contribution is -2.43. The highest BCUT2D eigenvalue weighted by atomic mass is 32.2. The van der Waals surface area contributed by atoms with Crippen molar-refractivity contribution in [3.8, 4) is 5.75 Å². The largest absolute Gasteiger partial charge is 0.496 e. The smallest absolute Gasteiger partial charge is 0.121 e. The maximum absolute atomic E-state index is 5.52. The third-order valence-corrected chi connectivity index (χ3v) is 9.73. The monoisotopic (exact) mass is 580 g/mol. The van der Waals surface area contributed by atoms with E-state index >= 15 is 0 Å². The predicted octanol–water partition coefficient (Wildman–Crippen LogP) is 7.67. The molecule has 0 bridgehead atoms. The van der Waals surface area contributed by atoms with Crippen LogP contribution in [0.15, 0.2) is 67.9 Å². The molecule has 218 valence electrons. The minimum atomic E-state index is 0.485. The minimum Gasteiger partial charge on any atom is -0.496 e. The van der Waals surface area contributed by atoms with Gasteiger partial charge in [-0.1, -0.05) is 51.7 Å². The Bertz CT molecular complexity index is 1260. The summed E-state index contributed by atoms with van der Waals surface area (Å²) in [7, 11) is 8.79. The van der Waals surface area contributed by atoms with E-state index in [2.05, 4.69) is 107 Å². The van der Waals surface area contributed by atoms with Gasteiger partial charge in [0.25, 0.3) is 0 Å². The van der Waals surface area contributed by atoms with Crippen LogP contribution in [0.5, 0.6) is 5.75 Å². The zero-order chi connectivity index (χ0) is 29.4. The lowest BCUT2D eigenvalue weighted by Gasteiger charge is -2.40. The number of benzene rings is 2. The molecule has 1 saturated heterocycles. The number of ether oxygens (including phenoxy) is 1. The second kappa shape index (κ2) is 15.1. The van der Waals surface area contributed by atoms with Crippen LogP contribution in [-0.2, 0) is 6.54 Å². The molecule has 3 rings (SSSR count). The molecule has 1 aliphatic heterocycles. The highest BCUT2D eigenvalue weighted by molar-refractivity contribution is 8.03. The SMILES string of the molecule is CCC(C)=C(/C(Sc1ccc(OC)c(C)c1)=C(/P)NC(C)=NC)N(C)C1CCN(Cc2ccc(C)cc2C)CC1. The van der Waals surface area contributed by atoms with Gasteiger partial charge in [0.15, 0.2) is 0 Å². The summed E-state index contributed by atoms with van der Waals surface area (Å²) in [5, 5.41) is 3.53. The van der Waals surface area contributed by atoms with E-state index in [1.165, 1.54) is 37.8 Å². The number of nitrogens with zero attached hydrogens (tertiary/aromatic N) is 3. The zero-order valence-corrected chi connectivity index (χ0v) is 28.0. The Balaban J connectivity index is 1.87. The van der Waals surface area contributed by atoms with E-state index in [9.17, 15) is 0 Å². The molecule has 1 N–H and O–H groups in total. The highest BCUT2D eigenvalue weighted by Crippen LogP contribution is 2.41. The molecule has 1 heterocycles.